The van der Waals surface area contributed by atoms with E-state index >= 15 is 0 Å². The van der Waals surface area contributed by atoms with Crippen molar-refractivity contribution in [2.75, 3.05) is 6.61 Å². The zero-order valence-corrected chi connectivity index (χ0v) is 20.0. The van der Waals surface area contributed by atoms with E-state index < -0.39 is 12.0 Å². The Morgan fingerprint density at radius 1 is 1.09 bits per heavy atom. The van der Waals surface area contributed by atoms with Crippen LogP contribution in [0.25, 0.3) is 0 Å². The summed E-state index contributed by atoms with van der Waals surface area (Å²) in [6.45, 7) is 2.47. The number of aryl methyl sites for hydroxylation is 2. The smallest absolute Gasteiger partial charge is 0.326 e. The maximum absolute atomic E-state index is 11.6. The van der Waals surface area contributed by atoms with E-state index in [-0.39, 0.29) is 0 Å². The molecule has 0 saturated carbocycles. The van der Waals surface area contributed by atoms with E-state index in [9.17, 15) is 9.90 Å². The second kappa shape index (κ2) is 13.3. The predicted molar refractivity (Wildman–Crippen MR) is 137 cm³/mol. The summed E-state index contributed by atoms with van der Waals surface area (Å²) in [6.07, 6.45) is 20.4. The van der Waals surface area contributed by atoms with Crippen molar-refractivity contribution >= 4 is 5.97 Å². The molecule has 1 aromatic heterocycles. The lowest BCUT2D eigenvalue weighted by Gasteiger charge is -2.14. The molecule has 5 nitrogen and oxygen atoms in total. The van der Waals surface area contributed by atoms with Crippen LogP contribution in [0, 0.1) is 0 Å². The third-order valence-corrected chi connectivity index (χ3v) is 6.10. The molecule has 0 fully saturated rings. The Morgan fingerprint density at radius 2 is 1.76 bits per heavy atom. The van der Waals surface area contributed by atoms with E-state index in [0.717, 1.165) is 61.1 Å². The van der Waals surface area contributed by atoms with Crippen LogP contribution in [0.3, 0.4) is 0 Å². The lowest BCUT2D eigenvalue weighted by molar-refractivity contribution is -0.141. The van der Waals surface area contributed by atoms with Crippen molar-refractivity contribution in [2.24, 2.45) is 5.73 Å². The first-order valence-corrected chi connectivity index (χ1v) is 12.1. The number of allylic oxidation sites excluding steroid dienone is 6. The Kier molecular flexibility index (Phi) is 9.83. The van der Waals surface area contributed by atoms with Crippen LogP contribution < -0.4 is 5.73 Å². The van der Waals surface area contributed by atoms with Gasteiger partial charge in [-0.3, -0.25) is 0 Å². The molecule has 0 saturated heterocycles. The highest BCUT2D eigenvalue weighted by atomic mass is 16.5. The molecular formula is C29H36N2O3. The maximum Gasteiger partial charge on any atom is 0.326 e. The minimum Gasteiger partial charge on any atom is -0.492 e. The molecule has 3 N–H and O–H groups in total. The van der Waals surface area contributed by atoms with Gasteiger partial charge in [0.25, 0.3) is 0 Å². The molecule has 1 atom stereocenters. The number of benzene rings is 1. The van der Waals surface area contributed by atoms with Crippen molar-refractivity contribution < 1.29 is 14.6 Å². The van der Waals surface area contributed by atoms with Crippen LogP contribution in [0.2, 0.25) is 0 Å². The number of carboxylic acids is 1. The summed E-state index contributed by atoms with van der Waals surface area (Å²) < 4.78 is 7.66. The highest BCUT2D eigenvalue weighted by molar-refractivity contribution is 5.71. The van der Waals surface area contributed by atoms with Gasteiger partial charge < -0.3 is 20.1 Å². The molecule has 0 radical (unpaired) electrons. The predicted octanol–water partition coefficient (Wildman–Crippen LogP) is 6.11. The van der Waals surface area contributed by atoms with Gasteiger partial charge in [0, 0.05) is 18.1 Å². The van der Waals surface area contributed by atoms with E-state index in [1.54, 1.807) is 17.0 Å². The van der Waals surface area contributed by atoms with Crippen LogP contribution in [0.4, 0.5) is 0 Å². The maximum atomic E-state index is 11.6. The molecule has 1 unspecified atom stereocenters. The third-order valence-electron chi connectivity index (χ3n) is 6.10. The summed E-state index contributed by atoms with van der Waals surface area (Å²) in [6, 6.07) is 11.6. The summed E-state index contributed by atoms with van der Waals surface area (Å²) in [5, 5.41) is 9.52. The van der Waals surface area contributed by atoms with Gasteiger partial charge in [0.05, 0.1) is 0 Å². The Labute approximate surface area is 202 Å². The number of nitrogens with two attached hydrogens (primary N) is 1. The largest absolute Gasteiger partial charge is 0.492 e. The molecular weight excluding hydrogens is 424 g/mol. The Morgan fingerprint density at radius 3 is 2.47 bits per heavy atom. The van der Waals surface area contributed by atoms with Gasteiger partial charge in [0.15, 0.2) is 0 Å². The topological polar surface area (TPSA) is 77.5 Å². The number of aliphatic carboxylic acids is 1. The molecule has 180 valence electrons. The summed E-state index contributed by atoms with van der Waals surface area (Å²) in [7, 11) is 0. The van der Waals surface area contributed by atoms with Crippen LogP contribution >= 0.6 is 0 Å². The molecule has 0 spiro atoms. The Balaban J connectivity index is 1.42. The van der Waals surface area contributed by atoms with E-state index in [4.69, 9.17) is 10.5 Å². The fourth-order valence-electron chi connectivity index (χ4n) is 3.94. The van der Waals surface area contributed by atoms with Crippen molar-refractivity contribution in [1.82, 2.24) is 4.57 Å². The van der Waals surface area contributed by atoms with E-state index in [0.29, 0.717) is 13.0 Å². The minimum atomic E-state index is -0.799. The second-order valence-electron chi connectivity index (χ2n) is 8.71. The molecule has 1 aliphatic rings. The summed E-state index contributed by atoms with van der Waals surface area (Å²) in [4.78, 5) is 11.6. The lowest BCUT2D eigenvalue weighted by Crippen LogP contribution is -2.18. The van der Waals surface area contributed by atoms with Crippen LogP contribution in [0.1, 0.15) is 56.2 Å². The van der Waals surface area contributed by atoms with Crippen molar-refractivity contribution in [1.29, 1.82) is 0 Å². The molecule has 1 heterocycles. The second-order valence-corrected chi connectivity index (χ2v) is 8.71. The molecule has 1 aromatic carbocycles. The molecule has 3 rings (SSSR count). The molecule has 0 aliphatic heterocycles. The number of hydrogen-bond acceptors (Lipinski definition) is 3. The van der Waals surface area contributed by atoms with E-state index in [1.807, 2.05) is 19.1 Å². The molecule has 5 heteroatoms. The number of nitrogens with zero attached hydrogens (tertiary/aromatic N) is 1. The number of aromatic nitrogens is 1. The monoisotopic (exact) mass is 460 g/mol. The first-order valence-electron chi connectivity index (χ1n) is 12.1. The molecule has 0 amide bonds. The fraction of sp³-hybridized carbons (Fsp3) is 0.345. The molecule has 2 aromatic rings. The molecule has 0 bridgehead atoms. The van der Waals surface area contributed by atoms with Gasteiger partial charge in [-0.25, -0.2) is 4.79 Å². The number of hydrogen-bond donors (Lipinski definition) is 2. The average molecular weight is 461 g/mol. The van der Waals surface area contributed by atoms with Crippen molar-refractivity contribution in [3.8, 4) is 0 Å². The first kappa shape index (κ1) is 25.2. The van der Waals surface area contributed by atoms with E-state index in [2.05, 4.69) is 54.6 Å². The van der Waals surface area contributed by atoms with Gasteiger partial charge in [-0.05, 0) is 80.7 Å². The number of ether oxygens (including phenoxy) is 1. The van der Waals surface area contributed by atoms with Gasteiger partial charge in [0.2, 0.25) is 0 Å². The first-order chi connectivity index (χ1) is 16.5. The van der Waals surface area contributed by atoms with Crippen molar-refractivity contribution in [3.63, 3.8) is 0 Å². The molecule has 34 heavy (non-hydrogen) atoms. The van der Waals surface area contributed by atoms with Gasteiger partial charge in [0.1, 0.15) is 18.4 Å². The minimum absolute atomic E-state index is 0.530. The third kappa shape index (κ3) is 8.14. The summed E-state index contributed by atoms with van der Waals surface area (Å²) in [5.74, 6) is -0.00109. The van der Waals surface area contributed by atoms with Gasteiger partial charge in [-0.2, -0.15) is 0 Å². The SMILES string of the molecule is C/C(OCC1=C/C=C\CC/C=C\1)=C(/N)CCCc1ccc(CCC(C(=O)O)n2cccc2)cc1. The highest BCUT2D eigenvalue weighted by Crippen LogP contribution is 2.18. The normalized spacial score (nSPS) is 18.6. The van der Waals surface area contributed by atoms with E-state index in [1.165, 1.54) is 5.56 Å². The van der Waals surface area contributed by atoms with Gasteiger partial charge in [-0.1, -0.05) is 54.6 Å². The number of carbonyl (C=O) groups is 1. The summed E-state index contributed by atoms with van der Waals surface area (Å²) in [5.41, 5.74) is 10.6. The van der Waals surface area contributed by atoms with Gasteiger partial charge >= 0.3 is 5.97 Å². The van der Waals surface area contributed by atoms with Crippen LogP contribution in [-0.4, -0.2) is 22.2 Å². The quantitative estimate of drug-likeness (QED) is 0.375. The Hall–Kier alpha value is -3.47. The Bertz CT molecular complexity index is 1030. The number of rotatable bonds is 12. The van der Waals surface area contributed by atoms with Crippen LogP contribution in [-0.2, 0) is 22.4 Å². The zero-order chi connectivity index (χ0) is 24.2. The van der Waals surface area contributed by atoms with Crippen molar-refractivity contribution in [3.05, 3.63) is 107 Å². The number of carboxylic acid groups (broad SMARTS) is 1. The summed E-state index contributed by atoms with van der Waals surface area (Å²) >= 11 is 0. The molecule has 1 aliphatic carbocycles. The standard InChI is InChI=1S/C29H36N2O3/c1-23(34-22-26-10-5-3-2-4-6-11-26)27(30)13-9-12-24-14-16-25(17-15-24)18-19-28(29(32)33)31-20-7-8-21-31/h3,5-8,10-11,14-17,20-21,28H,2,4,9,12-13,18-19,22,30H2,1H3,(H,32,33)/b5-3-,11-6-,26-10+,27-23-. The highest BCUT2D eigenvalue weighted by Gasteiger charge is 2.18. The zero-order valence-electron chi connectivity index (χ0n) is 20.0. The fourth-order valence-corrected chi connectivity index (χ4v) is 3.94. The average Bonchev–Trinajstić information content (AvgIpc) is 3.33. The van der Waals surface area contributed by atoms with Crippen LogP contribution in [0.5, 0.6) is 0 Å². The van der Waals surface area contributed by atoms with Crippen LogP contribution in [0.15, 0.2) is 96.2 Å². The lowest BCUT2D eigenvalue weighted by atomic mass is 10.0. The van der Waals surface area contributed by atoms with Gasteiger partial charge in [-0.15, -0.1) is 0 Å². The van der Waals surface area contributed by atoms with Crippen molar-refractivity contribution in [2.45, 2.75) is 57.9 Å².